The predicted molar refractivity (Wildman–Crippen MR) is 34.6 cm³/mol. The number of rotatable bonds is 0. The first-order chi connectivity index (χ1) is 4.10. The highest BCUT2D eigenvalue weighted by Gasteiger charge is 2.28. The molecule has 1 aliphatic heterocycles. The summed E-state index contributed by atoms with van der Waals surface area (Å²) in [6.07, 6.45) is 0.721. The summed E-state index contributed by atoms with van der Waals surface area (Å²) in [7, 11) is 0. The van der Waals surface area contributed by atoms with E-state index in [4.69, 9.17) is 15.8 Å². The molecule has 0 aromatic heterocycles. The van der Waals surface area contributed by atoms with Crippen LogP contribution in [0.2, 0.25) is 0 Å². The first-order valence-corrected chi connectivity index (χ1v) is 5.17. The van der Waals surface area contributed by atoms with Crippen LogP contribution in [-0.4, -0.2) is 12.7 Å². The van der Waals surface area contributed by atoms with Gasteiger partial charge in [-0.05, 0) is 13.3 Å². The van der Waals surface area contributed by atoms with E-state index in [9.17, 15) is 4.57 Å². The number of hydrogen-bond donors (Lipinski definition) is 0. The van der Waals surface area contributed by atoms with E-state index >= 15 is 0 Å². The average molecular weight is 171 g/mol. The zero-order chi connectivity index (χ0) is 6.91. The van der Waals surface area contributed by atoms with Crippen LogP contribution in [0.15, 0.2) is 0 Å². The van der Waals surface area contributed by atoms with E-state index in [-0.39, 0.29) is 6.10 Å². The van der Waals surface area contributed by atoms with Crippen LogP contribution in [0.5, 0.6) is 0 Å². The average Bonchev–Trinajstić information content (AvgIpc) is 1.60. The smallest absolute Gasteiger partial charge is 0.297 e. The van der Waals surface area contributed by atoms with Crippen molar-refractivity contribution in [2.45, 2.75) is 19.4 Å². The van der Waals surface area contributed by atoms with E-state index in [1.165, 1.54) is 0 Å². The molecule has 1 fully saturated rings. The van der Waals surface area contributed by atoms with Gasteiger partial charge in [0.05, 0.1) is 12.7 Å². The second-order valence-corrected chi connectivity index (χ2v) is 4.54. The molecule has 0 saturated carbocycles. The third-order valence-electron chi connectivity index (χ3n) is 1.08. The molecule has 0 radical (unpaired) electrons. The van der Waals surface area contributed by atoms with Gasteiger partial charge in [0.1, 0.15) is 0 Å². The monoisotopic (exact) mass is 170 g/mol. The summed E-state index contributed by atoms with van der Waals surface area (Å²) in [5, 5.41) is 0. The van der Waals surface area contributed by atoms with Crippen LogP contribution in [-0.2, 0) is 13.6 Å². The zero-order valence-corrected chi connectivity index (χ0v) is 6.69. The summed E-state index contributed by atoms with van der Waals surface area (Å²) in [5.41, 5.74) is 0. The van der Waals surface area contributed by atoms with E-state index in [2.05, 4.69) is 4.52 Å². The van der Waals surface area contributed by atoms with Gasteiger partial charge in [0.2, 0.25) is 0 Å². The summed E-state index contributed by atoms with van der Waals surface area (Å²) >= 11 is 5.28. The van der Waals surface area contributed by atoms with Crippen LogP contribution >= 0.6 is 18.2 Å². The lowest BCUT2D eigenvalue weighted by molar-refractivity contribution is 0.103. The number of hydrogen-bond acceptors (Lipinski definition) is 3. The lowest BCUT2D eigenvalue weighted by Gasteiger charge is -2.22. The van der Waals surface area contributed by atoms with E-state index in [0.29, 0.717) is 6.61 Å². The van der Waals surface area contributed by atoms with E-state index in [1.807, 2.05) is 6.92 Å². The van der Waals surface area contributed by atoms with E-state index < -0.39 is 6.95 Å². The standard InChI is InChI=1S/C4H8ClO3P/c1-4-2-3-7-9(5,6)8-4/h4H,2-3H2,1H3/t4-,9+/m0/s1. The summed E-state index contributed by atoms with van der Waals surface area (Å²) in [6.45, 7) is -0.921. The molecular formula is C4H8ClO3P. The maximum Gasteiger partial charge on any atom is 0.424 e. The van der Waals surface area contributed by atoms with Gasteiger partial charge in [-0.1, -0.05) is 0 Å². The third-order valence-corrected chi connectivity index (χ3v) is 2.71. The Bertz CT molecular complexity index is 149. The van der Waals surface area contributed by atoms with Crippen molar-refractivity contribution < 1.29 is 13.6 Å². The molecule has 3 nitrogen and oxygen atoms in total. The Balaban J connectivity index is 2.51. The molecule has 1 aliphatic rings. The molecule has 0 aromatic rings. The van der Waals surface area contributed by atoms with Gasteiger partial charge in [0.15, 0.2) is 0 Å². The lowest BCUT2D eigenvalue weighted by atomic mass is 10.3. The van der Waals surface area contributed by atoms with Gasteiger partial charge in [-0.25, -0.2) is 4.57 Å². The maximum absolute atomic E-state index is 10.8. The van der Waals surface area contributed by atoms with Crippen LogP contribution in [0.1, 0.15) is 13.3 Å². The van der Waals surface area contributed by atoms with E-state index in [1.54, 1.807) is 0 Å². The molecule has 2 atom stereocenters. The van der Waals surface area contributed by atoms with Crippen molar-refractivity contribution in [1.82, 2.24) is 0 Å². The lowest BCUT2D eigenvalue weighted by Crippen LogP contribution is -2.14. The molecular weight excluding hydrogens is 162 g/mol. The third kappa shape index (κ3) is 2.26. The van der Waals surface area contributed by atoms with Gasteiger partial charge in [-0.2, -0.15) is 0 Å². The summed E-state index contributed by atoms with van der Waals surface area (Å²) in [5.74, 6) is 0. The molecule has 1 rings (SSSR count). The highest BCUT2D eigenvalue weighted by molar-refractivity contribution is 7.81. The summed E-state index contributed by atoms with van der Waals surface area (Å²) in [6, 6.07) is 0. The Labute approximate surface area is 58.6 Å². The van der Waals surface area contributed by atoms with Crippen LogP contribution in [0.3, 0.4) is 0 Å². The van der Waals surface area contributed by atoms with Gasteiger partial charge in [0.25, 0.3) is 0 Å². The Morgan fingerprint density at radius 3 is 2.78 bits per heavy atom. The molecule has 0 amide bonds. The quantitative estimate of drug-likeness (QED) is 0.523. The molecule has 54 valence electrons. The highest BCUT2D eigenvalue weighted by atomic mass is 35.7. The van der Waals surface area contributed by atoms with Gasteiger partial charge >= 0.3 is 6.95 Å². The summed E-state index contributed by atoms with van der Waals surface area (Å²) < 4.78 is 20.2. The minimum atomic E-state index is -3.17. The van der Waals surface area contributed by atoms with Gasteiger partial charge in [0, 0.05) is 11.2 Å². The fourth-order valence-electron chi connectivity index (χ4n) is 0.626. The van der Waals surface area contributed by atoms with Gasteiger partial charge in [-0.15, -0.1) is 0 Å². The van der Waals surface area contributed by atoms with E-state index in [0.717, 1.165) is 6.42 Å². The highest BCUT2D eigenvalue weighted by Crippen LogP contribution is 2.56. The second-order valence-electron chi connectivity index (χ2n) is 1.97. The molecule has 0 unspecified atom stereocenters. The zero-order valence-electron chi connectivity index (χ0n) is 5.04. The maximum atomic E-state index is 10.8. The van der Waals surface area contributed by atoms with Crippen molar-refractivity contribution in [3.63, 3.8) is 0 Å². The molecule has 0 aromatic carbocycles. The SMILES string of the molecule is C[C@H]1CCO[P@](=O)(Cl)O1. The summed E-state index contributed by atoms with van der Waals surface area (Å²) in [4.78, 5) is 0. The van der Waals surface area contributed by atoms with Crippen LogP contribution in [0.4, 0.5) is 0 Å². The van der Waals surface area contributed by atoms with Crippen molar-refractivity contribution in [3.8, 4) is 0 Å². The van der Waals surface area contributed by atoms with Crippen molar-refractivity contribution >= 4 is 18.2 Å². The molecule has 1 saturated heterocycles. The number of halogens is 1. The van der Waals surface area contributed by atoms with Crippen molar-refractivity contribution in [1.29, 1.82) is 0 Å². The Kier molecular flexibility index (Phi) is 2.17. The molecule has 0 N–H and O–H groups in total. The minimum Gasteiger partial charge on any atom is -0.297 e. The molecule has 0 spiro atoms. The molecule has 0 bridgehead atoms. The molecule has 9 heavy (non-hydrogen) atoms. The van der Waals surface area contributed by atoms with Gasteiger partial charge in [-0.3, -0.25) is 9.05 Å². The van der Waals surface area contributed by atoms with Crippen LogP contribution in [0.25, 0.3) is 0 Å². The normalized spacial score (nSPS) is 44.9. The van der Waals surface area contributed by atoms with Crippen LogP contribution < -0.4 is 0 Å². The Morgan fingerprint density at radius 1 is 1.78 bits per heavy atom. The Hall–Kier alpha value is 0.440. The topological polar surface area (TPSA) is 35.5 Å². The first kappa shape index (κ1) is 7.55. The molecule has 0 aliphatic carbocycles. The van der Waals surface area contributed by atoms with Gasteiger partial charge < -0.3 is 0 Å². The fraction of sp³-hybridized carbons (Fsp3) is 1.00. The first-order valence-electron chi connectivity index (χ1n) is 2.73. The Morgan fingerprint density at radius 2 is 2.44 bits per heavy atom. The molecule has 5 heteroatoms. The fourth-order valence-corrected chi connectivity index (χ4v) is 2.16. The molecule has 1 heterocycles. The predicted octanol–water partition coefficient (Wildman–Crippen LogP) is 2.16. The minimum absolute atomic E-state index is 0.0397. The van der Waals surface area contributed by atoms with Crippen LogP contribution in [0, 0.1) is 0 Å². The largest absolute Gasteiger partial charge is 0.424 e. The second kappa shape index (κ2) is 2.59. The van der Waals surface area contributed by atoms with Crippen molar-refractivity contribution in [2.75, 3.05) is 6.61 Å². The van der Waals surface area contributed by atoms with Crippen molar-refractivity contribution in [2.24, 2.45) is 0 Å². The van der Waals surface area contributed by atoms with Crippen molar-refractivity contribution in [3.05, 3.63) is 0 Å².